The molecule has 2 rings (SSSR count). The second-order valence-electron chi connectivity index (χ2n) is 4.77. The fraction of sp³-hybridized carbons (Fsp3) is 0.500. The molecule has 0 saturated carbocycles. The van der Waals surface area contributed by atoms with E-state index >= 15 is 0 Å². The van der Waals surface area contributed by atoms with Crippen molar-refractivity contribution in [2.75, 3.05) is 25.1 Å². The van der Waals surface area contributed by atoms with E-state index in [2.05, 4.69) is 5.32 Å². The number of phenolic OH excluding ortho intramolecular Hbond substituents is 1. The standard InChI is InChI=1S/C14H20N2O2S/c1-10(11-5-3-4-6-13(11)17)16(2)14(18)12-9-19-8-7-15-12/h3-6,10,12,15,17H,7-9H2,1-2H3. The number of carbonyl (C=O) groups excluding carboxylic acids is 1. The van der Waals surface area contributed by atoms with E-state index in [-0.39, 0.29) is 23.7 Å². The van der Waals surface area contributed by atoms with E-state index < -0.39 is 0 Å². The van der Waals surface area contributed by atoms with Crippen LogP contribution >= 0.6 is 11.8 Å². The van der Waals surface area contributed by atoms with Crippen LogP contribution < -0.4 is 5.32 Å². The SMILES string of the molecule is CC(c1ccccc1O)N(C)C(=O)C1CSCCN1. The van der Waals surface area contributed by atoms with Crippen molar-refractivity contribution >= 4 is 17.7 Å². The summed E-state index contributed by atoms with van der Waals surface area (Å²) in [6.07, 6.45) is 0. The number of hydrogen-bond acceptors (Lipinski definition) is 4. The van der Waals surface area contributed by atoms with E-state index in [4.69, 9.17) is 0 Å². The molecule has 2 N–H and O–H groups in total. The van der Waals surface area contributed by atoms with E-state index in [1.165, 1.54) is 0 Å². The lowest BCUT2D eigenvalue weighted by Gasteiger charge is -2.31. The first-order chi connectivity index (χ1) is 9.11. The van der Waals surface area contributed by atoms with Gasteiger partial charge in [-0.05, 0) is 13.0 Å². The predicted octanol–water partition coefficient (Wildman–Crippen LogP) is 1.62. The van der Waals surface area contributed by atoms with Crippen LogP contribution in [0.2, 0.25) is 0 Å². The van der Waals surface area contributed by atoms with Crippen molar-refractivity contribution in [2.45, 2.75) is 19.0 Å². The molecule has 1 aromatic rings. The minimum absolute atomic E-state index is 0.0861. The topological polar surface area (TPSA) is 52.6 Å². The van der Waals surface area contributed by atoms with E-state index in [0.29, 0.717) is 0 Å². The molecule has 1 aromatic carbocycles. The molecule has 1 saturated heterocycles. The Hall–Kier alpha value is -1.20. The van der Waals surface area contributed by atoms with Crippen LogP contribution in [0.3, 0.4) is 0 Å². The van der Waals surface area contributed by atoms with Crippen LogP contribution in [0.4, 0.5) is 0 Å². The maximum absolute atomic E-state index is 12.4. The van der Waals surface area contributed by atoms with Crippen LogP contribution in [0.25, 0.3) is 0 Å². The second-order valence-corrected chi connectivity index (χ2v) is 5.92. The summed E-state index contributed by atoms with van der Waals surface area (Å²) in [4.78, 5) is 14.1. The molecule has 1 heterocycles. The number of aromatic hydroxyl groups is 1. The Bertz CT molecular complexity index is 447. The Morgan fingerprint density at radius 2 is 2.26 bits per heavy atom. The predicted molar refractivity (Wildman–Crippen MR) is 78.4 cm³/mol. The quantitative estimate of drug-likeness (QED) is 0.883. The average molecular weight is 280 g/mol. The minimum atomic E-state index is -0.137. The molecule has 4 nitrogen and oxygen atoms in total. The van der Waals surface area contributed by atoms with Gasteiger partial charge in [0.25, 0.3) is 0 Å². The van der Waals surface area contributed by atoms with Crippen molar-refractivity contribution in [3.63, 3.8) is 0 Å². The largest absolute Gasteiger partial charge is 0.508 e. The number of nitrogens with one attached hydrogen (secondary N) is 1. The molecule has 2 unspecified atom stereocenters. The van der Waals surface area contributed by atoms with Gasteiger partial charge in [-0.3, -0.25) is 4.79 Å². The van der Waals surface area contributed by atoms with Gasteiger partial charge in [0, 0.05) is 30.7 Å². The molecule has 1 fully saturated rings. The molecule has 104 valence electrons. The summed E-state index contributed by atoms with van der Waals surface area (Å²) >= 11 is 1.80. The molecule has 5 heteroatoms. The van der Waals surface area contributed by atoms with Gasteiger partial charge in [0.1, 0.15) is 5.75 Å². The van der Waals surface area contributed by atoms with Crippen molar-refractivity contribution < 1.29 is 9.90 Å². The lowest BCUT2D eigenvalue weighted by molar-refractivity contribution is -0.133. The number of para-hydroxylation sites is 1. The number of benzene rings is 1. The van der Waals surface area contributed by atoms with Crippen molar-refractivity contribution in [3.05, 3.63) is 29.8 Å². The summed E-state index contributed by atoms with van der Waals surface area (Å²) in [5.74, 6) is 2.20. The van der Waals surface area contributed by atoms with Crippen LogP contribution in [-0.2, 0) is 4.79 Å². The third-order valence-corrected chi connectivity index (χ3v) is 4.60. The molecule has 1 amide bonds. The molecule has 0 aliphatic carbocycles. The molecule has 1 aliphatic rings. The third kappa shape index (κ3) is 3.22. The summed E-state index contributed by atoms with van der Waals surface area (Å²) in [6.45, 7) is 2.81. The Kier molecular flexibility index (Phi) is 4.71. The number of amides is 1. The highest BCUT2D eigenvalue weighted by Gasteiger charge is 2.27. The molecule has 2 atom stereocenters. The summed E-state index contributed by atoms with van der Waals surface area (Å²) in [5, 5.41) is 13.1. The fourth-order valence-corrected chi connectivity index (χ4v) is 3.14. The zero-order chi connectivity index (χ0) is 13.8. The molecular weight excluding hydrogens is 260 g/mol. The number of hydrogen-bond donors (Lipinski definition) is 2. The summed E-state index contributed by atoms with van der Waals surface area (Å²) in [5.41, 5.74) is 0.779. The van der Waals surface area contributed by atoms with Gasteiger partial charge in [0.05, 0.1) is 12.1 Å². The van der Waals surface area contributed by atoms with E-state index in [1.54, 1.807) is 35.8 Å². The van der Waals surface area contributed by atoms with Gasteiger partial charge in [0.2, 0.25) is 5.91 Å². The molecule has 1 aliphatic heterocycles. The number of thioether (sulfide) groups is 1. The van der Waals surface area contributed by atoms with Gasteiger partial charge in [-0.25, -0.2) is 0 Å². The van der Waals surface area contributed by atoms with Crippen molar-refractivity contribution in [1.82, 2.24) is 10.2 Å². The first-order valence-corrected chi connectivity index (χ1v) is 7.62. The zero-order valence-electron chi connectivity index (χ0n) is 11.3. The highest BCUT2D eigenvalue weighted by Crippen LogP contribution is 2.27. The molecule has 0 spiro atoms. The first-order valence-electron chi connectivity index (χ1n) is 6.47. The van der Waals surface area contributed by atoms with Crippen LogP contribution in [0, 0.1) is 0 Å². The van der Waals surface area contributed by atoms with Gasteiger partial charge in [0.15, 0.2) is 0 Å². The maximum Gasteiger partial charge on any atom is 0.240 e. The van der Waals surface area contributed by atoms with Crippen molar-refractivity contribution in [3.8, 4) is 5.75 Å². The van der Waals surface area contributed by atoms with E-state index in [1.807, 2.05) is 19.1 Å². The highest BCUT2D eigenvalue weighted by atomic mass is 32.2. The molecule has 19 heavy (non-hydrogen) atoms. The number of phenols is 1. The van der Waals surface area contributed by atoms with Gasteiger partial charge >= 0.3 is 0 Å². The summed E-state index contributed by atoms with van der Waals surface area (Å²) < 4.78 is 0. The number of nitrogens with zero attached hydrogens (tertiary/aromatic N) is 1. The van der Waals surface area contributed by atoms with E-state index in [9.17, 15) is 9.90 Å². The molecule has 0 aromatic heterocycles. The van der Waals surface area contributed by atoms with Gasteiger partial charge < -0.3 is 15.3 Å². The zero-order valence-corrected chi connectivity index (χ0v) is 12.1. The Labute approximate surface area is 118 Å². The number of rotatable bonds is 3. The Morgan fingerprint density at radius 1 is 1.53 bits per heavy atom. The van der Waals surface area contributed by atoms with E-state index in [0.717, 1.165) is 23.6 Å². The van der Waals surface area contributed by atoms with Gasteiger partial charge in [-0.1, -0.05) is 18.2 Å². The Morgan fingerprint density at radius 3 is 2.89 bits per heavy atom. The fourth-order valence-electron chi connectivity index (χ4n) is 2.21. The first kappa shape index (κ1) is 14.2. The number of carbonyl (C=O) groups is 1. The minimum Gasteiger partial charge on any atom is -0.508 e. The highest BCUT2D eigenvalue weighted by molar-refractivity contribution is 7.99. The Balaban J connectivity index is 2.08. The smallest absolute Gasteiger partial charge is 0.240 e. The molecular formula is C14H20N2O2S. The lowest BCUT2D eigenvalue weighted by Crippen LogP contribution is -2.49. The second kappa shape index (κ2) is 6.30. The van der Waals surface area contributed by atoms with Crippen molar-refractivity contribution in [1.29, 1.82) is 0 Å². The third-order valence-electron chi connectivity index (χ3n) is 3.54. The average Bonchev–Trinajstić information content (AvgIpc) is 2.46. The maximum atomic E-state index is 12.4. The monoisotopic (exact) mass is 280 g/mol. The van der Waals surface area contributed by atoms with Crippen LogP contribution in [0.15, 0.2) is 24.3 Å². The lowest BCUT2D eigenvalue weighted by atomic mass is 10.1. The summed E-state index contributed by atoms with van der Waals surface area (Å²) in [7, 11) is 1.79. The number of likely N-dealkylation sites (N-methyl/N-ethyl adjacent to an activating group) is 1. The van der Waals surface area contributed by atoms with Crippen LogP contribution in [-0.4, -0.2) is 47.1 Å². The van der Waals surface area contributed by atoms with Crippen LogP contribution in [0.1, 0.15) is 18.5 Å². The van der Waals surface area contributed by atoms with Crippen LogP contribution in [0.5, 0.6) is 5.75 Å². The normalized spacial score (nSPS) is 20.8. The van der Waals surface area contributed by atoms with Gasteiger partial charge in [-0.2, -0.15) is 11.8 Å². The molecule has 0 radical (unpaired) electrons. The van der Waals surface area contributed by atoms with Gasteiger partial charge in [-0.15, -0.1) is 0 Å². The van der Waals surface area contributed by atoms with Crippen molar-refractivity contribution in [2.24, 2.45) is 0 Å². The molecule has 0 bridgehead atoms. The summed E-state index contributed by atoms with van der Waals surface area (Å²) in [6, 6.07) is 6.91.